The van der Waals surface area contributed by atoms with Crippen LogP contribution in [0.15, 0.2) is 46.6 Å². The Morgan fingerprint density at radius 2 is 1.94 bits per heavy atom. The number of thioether (sulfide) groups is 1. The minimum absolute atomic E-state index is 0.173. The Labute approximate surface area is 195 Å². The number of hydrogen-bond donors (Lipinski definition) is 2. The highest BCUT2D eigenvalue weighted by atomic mass is 32.2. The number of aliphatic hydroxyl groups excluding tert-OH is 1. The molecule has 0 radical (unpaired) electrons. The summed E-state index contributed by atoms with van der Waals surface area (Å²) in [5, 5.41) is 19.8. The molecule has 0 spiro atoms. The number of fused-ring (bicyclic) bond motifs is 1. The lowest BCUT2D eigenvalue weighted by molar-refractivity contribution is 0.0572. The maximum absolute atomic E-state index is 10.6. The number of hydrogen-bond acceptors (Lipinski definition) is 3. The van der Waals surface area contributed by atoms with Gasteiger partial charge in [-0.25, -0.2) is 0 Å². The molecule has 3 aliphatic rings. The van der Waals surface area contributed by atoms with Crippen molar-refractivity contribution in [3.05, 3.63) is 46.6 Å². The van der Waals surface area contributed by atoms with Crippen molar-refractivity contribution in [1.29, 1.82) is 0 Å². The van der Waals surface area contributed by atoms with E-state index in [1.165, 1.54) is 31.3 Å². The molecule has 0 aromatic rings. The summed E-state index contributed by atoms with van der Waals surface area (Å²) in [5.74, 6) is 3.14. The van der Waals surface area contributed by atoms with Gasteiger partial charge in [-0.05, 0) is 75.0 Å². The zero-order valence-electron chi connectivity index (χ0n) is 20.3. The summed E-state index contributed by atoms with van der Waals surface area (Å²) in [6.45, 7) is 9.16. The van der Waals surface area contributed by atoms with Crippen molar-refractivity contribution in [2.45, 2.75) is 91.1 Å². The molecule has 0 aromatic heterocycles. The van der Waals surface area contributed by atoms with E-state index >= 15 is 0 Å². The van der Waals surface area contributed by atoms with Crippen molar-refractivity contribution in [1.82, 2.24) is 0 Å². The van der Waals surface area contributed by atoms with Gasteiger partial charge in [0.1, 0.15) is 0 Å². The van der Waals surface area contributed by atoms with Gasteiger partial charge in [0.2, 0.25) is 0 Å². The Balaban J connectivity index is 1.63. The highest BCUT2D eigenvalue weighted by molar-refractivity contribution is 7.99. The number of allylic oxidation sites excluding steroid dienone is 6. The quantitative estimate of drug-likeness (QED) is 0.396. The molecule has 2 nitrogen and oxygen atoms in total. The standard InChI is InChI=1S/C28H44O2S/c1-5-28(30,6-2)20-31-19-25-13-14-26-24(8-7-16-27(25,26)4)12-10-22-9-11-23(15-17-29)21(3)18-22/h10,12-13,15,21,26,29-30H,5-9,11,14,16-20H2,1-4H3/b22-10-,23-15+,24-12+/t21-,26?,27?/m1/s1. The molecule has 2 saturated carbocycles. The van der Waals surface area contributed by atoms with Crippen LogP contribution < -0.4 is 0 Å². The van der Waals surface area contributed by atoms with E-state index in [9.17, 15) is 10.2 Å². The smallest absolute Gasteiger partial charge is 0.0732 e. The first-order valence-corrected chi connectivity index (χ1v) is 13.7. The summed E-state index contributed by atoms with van der Waals surface area (Å²) in [6, 6.07) is 0. The fourth-order valence-electron chi connectivity index (χ4n) is 5.91. The molecule has 2 N–H and O–H groups in total. The molecule has 0 bridgehead atoms. The second-order valence-electron chi connectivity index (χ2n) is 10.3. The SMILES string of the molecule is CCC(O)(CC)CSCC1=CCC2/C(=C/C=C3/CC/C(=C\CO)[C@H](C)C3)CCCC12C. The molecule has 31 heavy (non-hydrogen) atoms. The Bertz CT molecular complexity index is 740. The molecule has 2 unspecified atom stereocenters. The van der Waals surface area contributed by atoms with Crippen LogP contribution in [0.5, 0.6) is 0 Å². The van der Waals surface area contributed by atoms with Gasteiger partial charge in [0.05, 0.1) is 12.2 Å². The highest BCUT2D eigenvalue weighted by Gasteiger charge is 2.44. The van der Waals surface area contributed by atoms with Crippen molar-refractivity contribution in [3.63, 3.8) is 0 Å². The number of rotatable bonds is 8. The molecule has 3 atom stereocenters. The van der Waals surface area contributed by atoms with Gasteiger partial charge in [-0.2, -0.15) is 11.8 Å². The van der Waals surface area contributed by atoms with Crippen molar-refractivity contribution < 1.29 is 10.2 Å². The first kappa shape index (κ1) is 24.9. The Morgan fingerprint density at radius 1 is 1.16 bits per heavy atom. The lowest BCUT2D eigenvalue weighted by Crippen LogP contribution is -2.32. The van der Waals surface area contributed by atoms with E-state index in [4.69, 9.17) is 0 Å². The molecule has 0 amide bonds. The van der Waals surface area contributed by atoms with Crippen LogP contribution in [0, 0.1) is 17.3 Å². The molecule has 174 valence electrons. The van der Waals surface area contributed by atoms with E-state index in [0.717, 1.165) is 43.6 Å². The van der Waals surface area contributed by atoms with Crippen molar-refractivity contribution in [3.8, 4) is 0 Å². The molecule has 2 fully saturated rings. The van der Waals surface area contributed by atoms with E-state index in [1.807, 2.05) is 17.8 Å². The topological polar surface area (TPSA) is 40.5 Å². The average molecular weight is 445 g/mol. The minimum Gasteiger partial charge on any atom is -0.392 e. The van der Waals surface area contributed by atoms with E-state index in [0.29, 0.717) is 17.3 Å². The third-order valence-electron chi connectivity index (χ3n) is 8.48. The molecule has 3 heteroatoms. The lowest BCUT2D eigenvalue weighted by atomic mass is 9.64. The molecule has 3 rings (SSSR count). The summed E-state index contributed by atoms with van der Waals surface area (Å²) in [4.78, 5) is 0. The van der Waals surface area contributed by atoms with Crippen LogP contribution in [0.25, 0.3) is 0 Å². The minimum atomic E-state index is -0.503. The Kier molecular flexibility index (Phi) is 8.74. The summed E-state index contributed by atoms with van der Waals surface area (Å²) in [6.07, 6.45) is 19.5. The third kappa shape index (κ3) is 5.78. The fourth-order valence-corrected chi connectivity index (χ4v) is 7.47. The van der Waals surface area contributed by atoms with Gasteiger partial charge in [0.25, 0.3) is 0 Å². The zero-order valence-corrected chi connectivity index (χ0v) is 21.1. The second-order valence-corrected chi connectivity index (χ2v) is 11.3. The second kappa shape index (κ2) is 10.9. The molecule has 0 aliphatic heterocycles. The maximum Gasteiger partial charge on any atom is 0.0732 e. The first-order valence-electron chi connectivity index (χ1n) is 12.5. The van der Waals surface area contributed by atoms with Crippen LogP contribution >= 0.6 is 11.8 Å². The predicted molar refractivity (Wildman–Crippen MR) is 135 cm³/mol. The van der Waals surface area contributed by atoms with Crippen molar-refractivity contribution in [2.75, 3.05) is 18.1 Å². The van der Waals surface area contributed by atoms with Crippen LogP contribution in [-0.4, -0.2) is 33.9 Å². The highest BCUT2D eigenvalue weighted by Crippen LogP contribution is 2.55. The van der Waals surface area contributed by atoms with Gasteiger partial charge in [-0.15, -0.1) is 0 Å². The predicted octanol–water partition coefficient (Wildman–Crippen LogP) is 7.00. The van der Waals surface area contributed by atoms with Gasteiger partial charge >= 0.3 is 0 Å². The Morgan fingerprint density at radius 3 is 2.61 bits per heavy atom. The van der Waals surface area contributed by atoms with Gasteiger partial charge in [0.15, 0.2) is 0 Å². The normalized spacial score (nSPS) is 33.2. The molecule has 0 saturated heterocycles. The van der Waals surface area contributed by atoms with Gasteiger partial charge in [0, 0.05) is 11.5 Å². The molecular weight excluding hydrogens is 400 g/mol. The van der Waals surface area contributed by atoms with Crippen LogP contribution in [0.2, 0.25) is 0 Å². The van der Waals surface area contributed by atoms with Crippen LogP contribution in [-0.2, 0) is 0 Å². The van der Waals surface area contributed by atoms with Gasteiger partial charge in [-0.1, -0.05) is 74.3 Å². The van der Waals surface area contributed by atoms with Crippen LogP contribution in [0.1, 0.15) is 85.5 Å². The van der Waals surface area contributed by atoms with Crippen LogP contribution in [0.4, 0.5) is 0 Å². The first-order chi connectivity index (χ1) is 14.8. The summed E-state index contributed by atoms with van der Waals surface area (Å²) < 4.78 is 0. The lowest BCUT2D eigenvalue weighted by Gasteiger charge is -2.41. The van der Waals surface area contributed by atoms with E-state index in [-0.39, 0.29) is 6.61 Å². The largest absolute Gasteiger partial charge is 0.392 e. The summed E-state index contributed by atoms with van der Waals surface area (Å²) >= 11 is 1.93. The molecule has 0 aromatic carbocycles. The molecular formula is C28H44O2S. The van der Waals surface area contributed by atoms with E-state index in [1.54, 1.807) is 16.7 Å². The number of aliphatic hydroxyl groups is 2. The maximum atomic E-state index is 10.6. The van der Waals surface area contributed by atoms with Crippen molar-refractivity contribution >= 4 is 11.8 Å². The summed E-state index contributed by atoms with van der Waals surface area (Å²) in [7, 11) is 0. The molecule has 0 heterocycles. The van der Waals surface area contributed by atoms with Crippen LogP contribution in [0.3, 0.4) is 0 Å². The third-order valence-corrected chi connectivity index (χ3v) is 9.74. The monoisotopic (exact) mass is 444 g/mol. The van der Waals surface area contributed by atoms with Gasteiger partial charge < -0.3 is 10.2 Å². The Hall–Kier alpha value is -0.770. The van der Waals surface area contributed by atoms with Crippen molar-refractivity contribution in [2.24, 2.45) is 17.3 Å². The van der Waals surface area contributed by atoms with Gasteiger partial charge in [-0.3, -0.25) is 0 Å². The zero-order chi connectivity index (χ0) is 22.5. The van der Waals surface area contributed by atoms with E-state index in [2.05, 4.69) is 45.9 Å². The summed E-state index contributed by atoms with van der Waals surface area (Å²) in [5.41, 5.74) is 6.08. The average Bonchev–Trinajstić information content (AvgIpc) is 3.10. The fraction of sp³-hybridized carbons (Fsp3) is 0.714. The van der Waals surface area contributed by atoms with E-state index < -0.39 is 5.60 Å². The molecule has 3 aliphatic carbocycles.